The molecule has 1 aromatic carbocycles. The van der Waals surface area contributed by atoms with Crippen molar-refractivity contribution in [3.63, 3.8) is 0 Å². The van der Waals surface area contributed by atoms with Gasteiger partial charge in [0.15, 0.2) is 5.56 Å². The Morgan fingerprint density at radius 1 is 1.31 bits per heavy atom. The standard InChI is InChI=1S/C7H7N3O5S/c8-7(16)15-6-2-1-4(9(11)12)3-5(6)10(13)14/h1-3,7,16H,8H2/t7-/m0/s1. The topological polar surface area (TPSA) is 122 Å². The van der Waals surface area contributed by atoms with E-state index in [9.17, 15) is 20.2 Å². The average molecular weight is 245 g/mol. The number of nitro groups is 2. The molecule has 0 aliphatic heterocycles. The van der Waals surface area contributed by atoms with Gasteiger partial charge in [-0.05, 0) is 6.07 Å². The molecule has 1 rings (SSSR count). The summed E-state index contributed by atoms with van der Waals surface area (Å²) < 4.78 is 4.82. The van der Waals surface area contributed by atoms with Crippen LogP contribution in [0.15, 0.2) is 18.2 Å². The molecule has 0 aliphatic rings. The van der Waals surface area contributed by atoms with Crippen LogP contribution in [-0.2, 0) is 0 Å². The zero-order valence-electron chi connectivity index (χ0n) is 7.77. The normalized spacial score (nSPS) is 11.9. The lowest BCUT2D eigenvalue weighted by molar-refractivity contribution is -0.394. The van der Waals surface area contributed by atoms with Gasteiger partial charge in [0.05, 0.1) is 15.9 Å². The van der Waals surface area contributed by atoms with Crippen molar-refractivity contribution >= 4 is 24.0 Å². The van der Waals surface area contributed by atoms with Crippen LogP contribution in [0.1, 0.15) is 0 Å². The highest BCUT2D eigenvalue weighted by atomic mass is 32.1. The molecule has 9 heteroatoms. The fourth-order valence-corrected chi connectivity index (χ4v) is 1.11. The zero-order valence-corrected chi connectivity index (χ0v) is 8.66. The predicted molar refractivity (Wildman–Crippen MR) is 57.3 cm³/mol. The summed E-state index contributed by atoms with van der Waals surface area (Å²) >= 11 is 3.69. The summed E-state index contributed by atoms with van der Waals surface area (Å²) in [7, 11) is 0. The number of nitrogens with two attached hydrogens (primary N) is 1. The minimum Gasteiger partial charge on any atom is -0.459 e. The molecular weight excluding hydrogens is 238 g/mol. The summed E-state index contributed by atoms with van der Waals surface area (Å²) in [5.74, 6) is -0.168. The Hall–Kier alpha value is -1.87. The van der Waals surface area contributed by atoms with Gasteiger partial charge in [0.2, 0.25) is 5.75 Å². The van der Waals surface area contributed by atoms with E-state index in [1.807, 2.05) is 0 Å². The Kier molecular flexibility index (Phi) is 3.64. The van der Waals surface area contributed by atoms with Crippen LogP contribution < -0.4 is 10.5 Å². The molecule has 1 aromatic rings. The number of benzene rings is 1. The van der Waals surface area contributed by atoms with Crippen LogP contribution >= 0.6 is 12.6 Å². The Morgan fingerprint density at radius 2 is 1.94 bits per heavy atom. The molecule has 16 heavy (non-hydrogen) atoms. The number of nitrogens with zero attached hydrogens (tertiary/aromatic N) is 2. The number of nitro benzene ring substituents is 2. The Balaban J connectivity index is 3.19. The molecule has 0 amide bonds. The number of thiol groups is 1. The monoisotopic (exact) mass is 245 g/mol. The minimum atomic E-state index is -1.04. The first-order chi connectivity index (χ1) is 7.41. The first-order valence-corrected chi connectivity index (χ1v) is 4.46. The third-order valence-electron chi connectivity index (χ3n) is 1.60. The first kappa shape index (κ1) is 12.2. The first-order valence-electron chi connectivity index (χ1n) is 3.95. The van der Waals surface area contributed by atoms with Gasteiger partial charge < -0.3 is 4.74 Å². The molecule has 8 nitrogen and oxygen atoms in total. The van der Waals surface area contributed by atoms with Crippen molar-refractivity contribution in [2.45, 2.75) is 5.56 Å². The third-order valence-corrected chi connectivity index (χ3v) is 1.70. The molecule has 0 aromatic heterocycles. The Bertz CT molecular complexity index is 436. The summed E-state index contributed by atoms with van der Waals surface area (Å²) in [4.78, 5) is 19.5. The fourth-order valence-electron chi connectivity index (χ4n) is 0.992. The van der Waals surface area contributed by atoms with Crippen molar-refractivity contribution < 1.29 is 14.6 Å². The van der Waals surface area contributed by atoms with E-state index in [2.05, 4.69) is 12.6 Å². The second-order valence-corrected chi connectivity index (χ2v) is 3.18. The van der Waals surface area contributed by atoms with Crippen LogP contribution in [0.3, 0.4) is 0 Å². The molecule has 0 radical (unpaired) electrons. The number of rotatable bonds is 4. The van der Waals surface area contributed by atoms with E-state index in [1.165, 1.54) is 0 Å². The van der Waals surface area contributed by atoms with Crippen molar-refractivity contribution in [2.75, 3.05) is 0 Å². The van der Waals surface area contributed by atoms with Gasteiger partial charge in [-0.3, -0.25) is 26.0 Å². The quantitative estimate of drug-likeness (QED) is 0.354. The van der Waals surface area contributed by atoms with E-state index < -0.39 is 26.8 Å². The molecule has 0 unspecified atom stereocenters. The van der Waals surface area contributed by atoms with Gasteiger partial charge in [0.25, 0.3) is 5.69 Å². The molecule has 86 valence electrons. The molecule has 0 fully saturated rings. The predicted octanol–water partition coefficient (Wildman–Crippen LogP) is 1.05. The van der Waals surface area contributed by atoms with Crippen LogP contribution in [0.4, 0.5) is 11.4 Å². The highest BCUT2D eigenvalue weighted by molar-refractivity contribution is 7.80. The summed E-state index contributed by atoms with van der Waals surface area (Å²) in [5, 5.41) is 21.0. The highest BCUT2D eigenvalue weighted by Crippen LogP contribution is 2.31. The molecular formula is C7H7N3O5S. The van der Waals surface area contributed by atoms with Crippen molar-refractivity contribution in [3.05, 3.63) is 38.4 Å². The van der Waals surface area contributed by atoms with Crippen molar-refractivity contribution in [1.82, 2.24) is 0 Å². The number of hydrogen-bond acceptors (Lipinski definition) is 7. The lowest BCUT2D eigenvalue weighted by atomic mass is 10.2. The number of hydrogen-bond donors (Lipinski definition) is 2. The molecule has 0 saturated heterocycles. The average Bonchev–Trinajstić information content (AvgIpc) is 2.16. The minimum absolute atomic E-state index is 0.168. The summed E-state index contributed by atoms with van der Waals surface area (Å²) in [6.07, 6.45) is 0. The van der Waals surface area contributed by atoms with Crippen molar-refractivity contribution in [1.29, 1.82) is 0 Å². The maximum absolute atomic E-state index is 10.6. The van der Waals surface area contributed by atoms with Gasteiger partial charge >= 0.3 is 5.69 Å². The molecule has 0 bridgehead atoms. The van der Waals surface area contributed by atoms with Crippen LogP contribution in [0.5, 0.6) is 5.75 Å². The van der Waals surface area contributed by atoms with Crippen LogP contribution in [-0.4, -0.2) is 15.4 Å². The van der Waals surface area contributed by atoms with Gasteiger partial charge in [-0.25, -0.2) is 0 Å². The van der Waals surface area contributed by atoms with E-state index in [1.54, 1.807) is 0 Å². The van der Waals surface area contributed by atoms with Crippen LogP contribution in [0.25, 0.3) is 0 Å². The van der Waals surface area contributed by atoms with Crippen LogP contribution in [0.2, 0.25) is 0 Å². The van der Waals surface area contributed by atoms with Gasteiger partial charge in [-0.15, -0.1) is 12.6 Å². The largest absolute Gasteiger partial charge is 0.459 e. The number of ether oxygens (including phenoxy) is 1. The highest BCUT2D eigenvalue weighted by Gasteiger charge is 2.21. The summed E-state index contributed by atoms with van der Waals surface area (Å²) in [6.45, 7) is 0. The van der Waals surface area contributed by atoms with E-state index in [-0.39, 0.29) is 5.75 Å². The second kappa shape index (κ2) is 4.77. The fraction of sp³-hybridized carbons (Fsp3) is 0.143. The summed E-state index contributed by atoms with van der Waals surface area (Å²) in [5.41, 5.74) is 3.21. The third kappa shape index (κ3) is 2.81. The van der Waals surface area contributed by atoms with E-state index in [4.69, 9.17) is 10.5 Å². The summed E-state index contributed by atoms with van der Waals surface area (Å²) in [6, 6.07) is 2.98. The lowest BCUT2D eigenvalue weighted by Crippen LogP contribution is -2.20. The second-order valence-electron chi connectivity index (χ2n) is 2.67. The van der Waals surface area contributed by atoms with Gasteiger partial charge in [0, 0.05) is 6.07 Å². The smallest absolute Gasteiger partial charge is 0.317 e. The van der Waals surface area contributed by atoms with Gasteiger partial charge in [-0.1, -0.05) is 0 Å². The van der Waals surface area contributed by atoms with Crippen molar-refractivity contribution in [3.8, 4) is 5.75 Å². The lowest BCUT2D eigenvalue weighted by Gasteiger charge is -2.08. The SMILES string of the molecule is N[C@H](S)Oc1ccc([N+](=O)[O-])cc1[N+](=O)[O-]. The molecule has 0 heterocycles. The molecule has 0 saturated carbocycles. The molecule has 0 aliphatic carbocycles. The zero-order chi connectivity index (χ0) is 12.3. The molecule has 1 atom stereocenters. The number of non-ortho nitro benzene ring substituents is 1. The maximum Gasteiger partial charge on any atom is 0.317 e. The van der Waals surface area contributed by atoms with Gasteiger partial charge in [-0.2, -0.15) is 0 Å². The maximum atomic E-state index is 10.6. The Morgan fingerprint density at radius 3 is 2.38 bits per heavy atom. The Labute approximate surface area is 94.7 Å². The van der Waals surface area contributed by atoms with Crippen LogP contribution in [0, 0.1) is 20.2 Å². The van der Waals surface area contributed by atoms with E-state index in [0.717, 1.165) is 18.2 Å². The van der Waals surface area contributed by atoms with Gasteiger partial charge in [0.1, 0.15) is 0 Å². The van der Waals surface area contributed by atoms with Crippen molar-refractivity contribution in [2.24, 2.45) is 5.73 Å². The van der Waals surface area contributed by atoms with E-state index >= 15 is 0 Å². The molecule has 2 N–H and O–H groups in total. The molecule has 0 spiro atoms. The van der Waals surface area contributed by atoms with E-state index in [0.29, 0.717) is 0 Å².